The van der Waals surface area contributed by atoms with Crippen LogP contribution in [0, 0.1) is 27.7 Å². The Morgan fingerprint density at radius 1 is 0.647 bits per heavy atom. The van der Waals surface area contributed by atoms with E-state index in [1.165, 1.54) is 0 Å². The quantitative estimate of drug-likeness (QED) is 0.188. The summed E-state index contributed by atoms with van der Waals surface area (Å²) in [6.07, 6.45) is 0.893. The molecule has 13 nitrogen and oxygen atoms in total. The fourth-order valence-corrected chi connectivity index (χ4v) is 6.46. The number of carbonyl (C=O) groups is 3. The molecule has 0 radical (unpaired) electrons. The van der Waals surface area contributed by atoms with Crippen LogP contribution in [0.3, 0.4) is 0 Å². The van der Waals surface area contributed by atoms with Crippen molar-refractivity contribution < 1.29 is 33.7 Å². The average molecular weight is 701 g/mol. The second kappa shape index (κ2) is 17.2. The van der Waals surface area contributed by atoms with Gasteiger partial charge in [-0.15, -0.1) is 0 Å². The first-order valence-electron chi connectivity index (χ1n) is 17.4. The Bertz CT molecular complexity index is 1810. The summed E-state index contributed by atoms with van der Waals surface area (Å²) >= 11 is 0. The molecule has 272 valence electrons. The third-order valence-electron chi connectivity index (χ3n) is 8.53. The Morgan fingerprint density at radius 2 is 1.12 bits per heavy atom. The lowest BCUT2D eigenvalue weighted by atomic mass is 10.1. The number of hydrogen-bond donors (Lipinski definition) is 1. The molecule has 0 fully saturated rings. The maximum Gasteiger partial charge on any atom is 0.410 e. The van der Waals surface area contributed by atoms with Gasteiger partial charge in [-0.1, -0.05) is 58.7 Å². The van der Waals surface area contributed by atoms with E-state index in [1.807, 2.05) is 62.7 Å². The van der Waals surface area contributed by atoms with Crippen molar-refractivity contribution in [3.05, 3.63) is 105 Å². The zero-order valence-corrected chi connectivity index (χ0v) is 30.2. The van der Waals surface area contributed by atoms with E-state index in [0.29, 0.717) is 45.0 Å². The van der Waals surface area contributed by atoms with E-state index < -0.39 is 5.97 Å². The lowest BCUT2D eigenvalue weighted by Crippen LogP contribution is -2.31. The van der Waals surface area contributed by atoms with Gasteiger partial charge in [-0.05, 0) is 70.7 Å². The van der Waals surface area contributed by atoms with Gasteiger partial charge < -0.3 is 29.1 Å². The average Bonchev–Trinajstić information content (AvgIpc) is 3.54. The van der Waals surface area contributed by atoms with Gasteiger partial charge in [0.1, 0.15) is 13.2 Å². The summed E-state index contributed by atoms with van der Waals surface area (Å²) in [5, 5.41) is 17.8. The van der Waals surface area contributed by atoms with E-state index in [2.05, 4.69) is 22.3 Å². The smallest absolute Gasteiger partial charge is 0.410 e. The molecule has 13 heteroatoms. The van der Waals surface area contributed by atoms with Gasteiger partial charge in [0.15, 0.2) is 5.69 Å². The highest BCUT2D eigenvalue weighted by atomic mass is 16.6. The third-order valence-corrected chi connectivity index (χ3v) is 8.53. The molecule has 2 aromatic heterocycles. The summed E-state index contributed by atoms with van der Waals surface area (Å²) in [6.45, 7) is 14.0. The molecule has 2 amide bonds. The van der Waals surface area contributed by atoms with Gasteiger partial charge in [0.05, 0.1) is 43.4 Å². The van der Waals surface area contributed by atoms with Gasteiger partial charge in [-0.2, -0.15) is 10.2 Å². The molecule has 4 aromatic rings. The number of aryl methyl sites for hydroxylation is 6. The minimum absolute atomic E-state index is 0.0862. The molecule has 0 aliphatic carbocycles. The van der Waals surface area contributed by atoms with Crippen LogP contribution < -0.4 is 0 Å². The molecule has 0 saturated carbocycles. The Morgan fingerprint density at radius 3 is 1.59 bits per heavy atom. The number of hydrogen-bond acceptors (Lipinski definition) is 9. The van der Waals surface area contributed by atoms with Gasteiger partial charge in [0, 0.05) is 26.2 Å². The van der Waals surface area contributed by atoms with Crippen molar-refractivity contribution in [2.45, 2.75) is 93.5 Å². The minimum Gasteiger partial charge on any atom is -0.461 e. The third kappa shape index (κ3) is 10.2. The summed E-state index contributed by atoms with van der Waals surface area (Å²) in [7, 11) is 0. The molecule has 2 aliphatic heterocycles. The molecule has 51 heavy (non-hydrogen) atoms. The number of fused-ring (bicyclic) bond motifs is 2. The zero-order valence-electron chi connectivity index (χ0n) is 30.2. The number of benzene rings is 2. The molecule has 6 rings (SSSR count). The number of esters is 1. The monoisotopic (exact) mass is 700 g/mol. The Labute approximate surface area is 298 Å². The Kier molecular flexibility index (Phi) is 12.5. The summed E-state index contributed by atoms with van der Waals surface area (Å²) < 4.78 is 19.6. The van der Waals surface area contributed by atoms with Gasteiger partial charge in [-0.25, -0.2) is 14.4 Å². The Hall–Kier alpha value is -5.17. The minimum atomic E-state index is -0.443. The van der Waals surface area contributed by atoms with Crippen LogP contribution in [-0.4, -0.2) is 72.3 Å². The first-order chi connectivity index (χ1) is 24.5. The van der Waals surface area contributed by atoms with Crippen molar-refractivity contribution in [3.63, 3.8) is 0 Å². The molecule has 0 bridgehead atoms. The summed E-state index contributed by atoms with van der Waals surface area (Å²) in [4.78, 5) is 40.2. The topological polar surface area (TPSA) is 141 Å². The maximum atomic E-state index is 12.5. The van der Waals surface area contributed by atoms with Crippen LogP contribution in [0.25, 0.3) is 0 Å². The molecule has 0 saturated heterocycles. The number of rotatable bonds is 7. The second-order valence-electron chi connectivity index (χ2n) is 13.1. The number of amides is 2. The predicted octanol–water partition coefficient (Wildman–Crippen LogP) is 5.75. The van der Waals surface area contributed by atoms with Crippen LogP contribution in [0.5, 0.6) is 0 Å². The fourth-order valence-electron chi connectivity index (χ4n) is 6.46. The van der Waals surface area contributed by atoms with Crippen molar-refractivity contribution in [1.82, 2.24) is 29.4 Å². The van der Waals surface area contributed by atoms with Gasteiger partial charge in [-0.3, -0.25) is 9.36 Å². The summed E-state index contributed by atoms with van der Waals surface area (Å²) in [5.74, 6) is -0.443. The van der Waals surface area contributed by atoms with E-state index in [9.17, 15) is 19.5 Å². The SMILES string of the molecule is CCOC(=O)c1cc2n(n1)CCCN(C(=O)OCc1cc(C)cc(C)c1)C2.Cc1cc(C)cc(COC(=O)N2CCCn3nc(CO)cc3C2)c1. The zero-order chi connectivity index (χ0) is 36.5. The fraction of sp³-hybridized carbons (Fsp3) is 0.447. The first kappa shape index (κ1) is 37.1. The van der Waals surface area contributed by atoms with Gasteiger partial charge >= 0.3 is 18.2 Å². The molecule has 0 atom stereocenters. The summed E-state index contributed by atoms with van der Waals surface area (Å²) in [5.41, 5.74) is 9.24. The highest BCUT2D eigenvalue weighted by Gasteiger charge is 2.24. The van der Waals surface area contributed by atoms with Crippen molar-refractivity contribution >= 4 is 18.2 Å². The van der Waals surface area contributed by atoms with Crippen LogP contribution in [0.15, 0.2) is 48.5 Å². The normalized spacial score (nSPS) is 13.9. The predicted molar refractivity (Wildman–Crippen MR) is 189 cm³/mol. The number of aliphatic hydroxyl groups is 1. The maximum absolute atomic E-state index is 12.5. The lowest BCUT2D eigenvalue weighted by Gasteiger charge is -2.19. The molecule has 0 spiro atoms. The second-order valence-corrected chi connectivity index (χ2v) is 13.1. The van der Waals surface area contributed by atoms with Crippen molar-refractivity contribution in [3.8, 4) is 0 Å². The molecular weight excluding hydrogens is 652 g/mol. The molecule has 2 aromatic carbocycles. The number of carbonyl (C=O) groups excluding carboxylic acids is 3. The number of aromatic nitrogens is 4. The molecular formula is C38H48N6O7. The Balaban J connectivity index is 0.000000199. The molecule has 0 unspecified atom stereocenters. The molecule has 1 N–H and O–H groups in total. The highest BCUT2D eigenvalue weighted by molar-refractivity contribution is 5.87. The van der Waals surface area contributed by atoms with Crippen LogP contribution in [0.2, 0.25) is 0 Å². The van der Waals surface area contributed by atoms with E-state index >= 15 is 0 Å². The van der Waals surface area contributed by atoms with E-state index in [0.717, 1.165) is 64.2 Å². The van der Waals surface area contributed by atoms with Crippen LogP contribution in [0.4, 0.5) is 9.59 Å². The highest BCUT2D eigenvalue weighted by Crippen LogP contribution is 2.18. The van der Waals surface area contributed by atoms with E-state index in [4.69, 9.17) is 14.2 Å². The first-order valence-corrected chi connectivity index (χ1v) is 17.4. The van der Waals surface area contributed by atoms with Crippen LogP contribution >= 0.6 is 0 Å². The van der Waals surface area contributed by atoms with Crippen molar-refractivity contribution in [2.24, 2.45) is 0 Å². The van der Waals surface area contributed by atoms with E-state index in [1.54, 1.807) is 27.5 Å². The van der Waals surface area contributed by atoms with Crippen LogP contribution in [-0.2, 0) is 60.2 Å². The largest absolute Gasteiger partial charge is 0.461 e. The van der Waals surface area contributed by atoms with Crippen LogP contribution in [0.1, 0.15) is 80.7 Å². The lowest BCUT2D eigenvalue weighted by molar-refractivity contribution is 0.0518. The number of ether oxygens (including phenoxy) is 3. The van der Waals surface area contributed by atoms with Crippen molar-refractivity contribution in [1.29, 1.82) is 0 Å². The van der Waals surface area contributed by atoms with Gasteiger partial charge in [0.25, 0.3) is 0 Å². The number of aliphatic hydroxyl groups excluding tert-OH is 1. The van der Waals surface area contributed by atoms with E-state index in [-0.39, 0.29) is 37.7 Å². The van der Waals surface area contributed by atoms with Crippen molar-refractivity contribution in [2.75, 3.05) is 19.7 Å². The standard InChI is InChI=1S/C20H25N3O4.C18H23N3O3/c1-4-26-19(24)18-11-17-12-22(6-5-7-23(17)21-18)20(25)27-13-16-9-14(2)8-15(3)10-16;1-13-6-14(2)8-15(7-13)12-24-18(23)20-4-3-5-21-17(10-20)9-16(11-22)19-21/h8-11H,4-7,12-13H2,1-3H3;6-9,22H,3-5,10-12H2,1-2H3. The van der Waals surface area contributed by atoms with Gasteiger partial charge in [0.2, 0.25) is 0 Å². The molecule has 2 aliphatic rings. The molecule has 4 heterocycles. The number of nitrogens with zero attached hydrogens (tertiary/aromatic N) is 6. The summed E-state index contributed by atoms with van der Waals surface area (Å²) in [6, 6.07) is 15.8.